The summed E-state index contributed by atoms with van der Waals surface area (Å²) in [5.41, 5.74) is 4.52. The molecule has 0 fully saturated rings. The zero-order valence-corrected chi connectivity index (χ0v) is 20.9. The van der Waals surface area contributed by atoms with Crippen molar-refractivity contribution in [3.8, 4) is 0 Å². The Hall–Kier alpha value is -4.00. The van der Waals surface area contributed by atoms with Crippen molar-refractivity contribution in [3.63, 3.8) is 0 Å². The molecule has 2 N–H and O–H groups in total. The fourth-order valence-corrected chi connectivity index (χ4v) is 4.94. The Morgan fingerprint density at radius 1 is 0.528 bits per heavy atom. The van der Waals surface area contributed by atoms with Crippen molar-refractivity contribution in [1.29, 1.82) is 0 Å². The summed E-state index contributed by atoms with van der Waals surface area (Å²) in [4.78, 5) is 28.4. The third-order valence-corrected chi connectivity index (χ3v) is 6.53. The fraction of sp³-hybridized carbons (Fsp3) is 0.0667. The molecule has 4 nitrogen and oxygen atoms in total. The molecule has 0 heterocycles. The number of hydrogen-bond acceptors (Lipinski definition) is 4. The standard InChI is InChI=1S/C30H22N2O2S2/c33-29-21-13-7-8-14-22(21)30(34)28-24(32-26(36)18-20-11-5-2-6-12-20)16-15-23(27(28)29)31-25(35)17-19-9-3-1-4-10-19/h1-16H,17-18H2,(H,31,35)(H,32,36). The van der Waals surface area contributed by atoms with Gasteiger partial charge in [-0.2, -0.15) is 0 Å². The Morgan fingerprint density at radius 2 is 0.889 bits per heavy atom. The van der Waals surface area contributed by atoms with Gasteiger partial charge < -0.3 is 10.6 Å². The van der Waals surface area contributed by atoms with Gasteiger partial charge in [-0.3, -0.25) is 9.59 Å². The van der Waals surface area contributed by atoms with E-state index >= 15 is 0 Å². The molecule has 5 rings (SSSR count). The summed E-state index contributed by atoms with van der Waals surface area (Å²) in [6.45, 7) is 0. The second kappa shape index (κ2) is 10.3. The van der Waals surface area contributed by atoms with Gasteiger partial charge in [-0.25, -0.2) is 0 Å². The Morgan fingerprint density at radius 3 is 1.28 bits per heavy atom. The second-order valence-corrected chi connectivity index (χ2v) is 9.52. The van der Waals surface area contributed by atoms with Crippen molar-refractivity contribution in [3.05, 3.63) is 130 Å². The van der Waals surface area contributed by atoms with Gasteiger partial charge >= 0.3 is 0 Å². The lowest BCUT2D eigenvalue weighted by molar-refractivity contribution is 0.0980. The van der Waals surface area contributed by atoms with Crippen LogP contribution in [0.1, 0.15) is 43.0 Å². The first kappa shape index (κ1) is 23.7. The number of nitrogens with one attached hydrogen (secondary N) is 2. The predicted molar refractivity (Wildman–Crippen MR) is 152 cm³/mol. The third kappa shape index (κ3) is 4.87. The number of rotatable bonds is 6. The number of hydrogen-bond donors (Lipinski definition) is 2. The van der Waals surface area contributed by atoms with Crippen LogP contribution >= 0.6 is 24.4 Å². The van der Waals surface area contributed by atoms with Gasteiger partial charge in [0.15, 0.2) is 11.6 Å². The van der Waals surface area contributed by atoms with E-state index in [1.165, 1.54) is 0 Å². The fourth-order valence-electron chi connectivity index (χ4n) is 4.38. The number of thiocarbonyl (C=S) groups is 2. The Labute approximate surface area is 220 Å². The summed E-state index contributed by atoms with van der Waals surface area (Å²) >= 11 is 11.2. The molecule has 0 saturated carbocycles. The van der Waals surface area contributed by atoms with Crippen LogP contribution in [0.5, 0.6) is 0 Å². The van der Waals surface area contributed by atoms with Gasteiger partial charge in [-0.15, -0.1) is 0 Å². The van der Waals surface area contributed by atoms with Crippen LogP contribution in [0, 0.1) is 0 Å². The maximum atomic E-state index is 13.6. The molecule has 0 aliphatic heterocycles. The first-order valence-electron chi connectivity index (χ1n) is 11.5. The molecule has 0 unspecified atom stereocenters. The average molecular weight is 507 g/mol. The predicted octanol–water partition coefficient (Wildman–Crippen LogP) is 6.43. The lowest BCUT2D eigenvalue weighted by Crippen LogP contribution is -2.26. The molecule has 1 aliphatic rings. The van der Waals surface area contributed by atoms with E-state index < -0.39 is 0 Å². The lowest BCUT2D eigenvalue weighted by atomic mass is 9.82. The normalized spacial score (nSPS) is 11.9. The Bertz CT molecular complexity index is 1380. The van der Waals surface area contributed by atoms with E-state index in [-0.39, 0.29) is 11.6 Å². The van der Waals surface area contributed by atoms with E-state index in [0.29, 0.717) is 56.4 Å². The molecule has 1 aliphatic carbocycles. The quantitative estimate of drug-likeness (QED) is 0.259. The van der Waals surface area contributed by atoms with Gasteiger partial charge in [0.25, 0.3) is 0 Å². The van der Waals surface area contributed by atoms with Crippen molar-refractivity contribution in [2.24, 2.45) is 0 Å². The zero-order chi connectivity index (χ0) is 25.1. The molecule has 4 aromatic carbocycles. The highest BCUT2D eigenvalue weighted by Crippen LogP contribution is 2.37. The molecule has 0 saturated heterocycles. The summed E-state index contributed by atoms with van der Waals surface area (Å²) in [5, 5.41) is 6.44. The summed E-state index contributed by atoms with van der Waals surface area (Å²) in [6, 6.07) is 30.2. The molecule has 0 spiro atoms. The van der Waals surface area contributed by atoms with E-state index in [4.69, 9.17) is 24.4 Å². The summed E-state index contributed by atoms with van der Waals surface area (Å²) in [5.74, 6) is -0.439. The molecule has 0 aromatic heterocycles. The van der Waals surface area contributed by atoms with Crippen LogP contribution in [0.25, 0.3) is 0 Å². The molecule has 0 amide bonds. The van der Waals surface area contributed by atoms with E-state index in [2.05, 4.69) is 10.6 Å². The van der Waals surface area contributed by atoms with Crippen LogP contribution in [-0.2, 0) is 12.8 Å². The molecule has 4 aromatic rings. The van der Waals surface area contributed by atoms with Crippen LogP contribution in [0.2, 0.25) is 0 Å². The van der Waals surface area contributed by atoms with E-state index in [1.807, 2.05) is 60.7 Å². The van der Waals surface area contributed by atoms with E-state index in [9.17, 15) is 9.59 Å². The molecule has 6 heteroatoms. The average Bonchev–Trinajstić information content (AvgIpc) is 2.89. The van der Waals surface area contributed by atoms with Crippen LogP contribution < -0.4 is 10.6 Å². The minimum Gasteiger partial charge on any atom is -0.349 e. The minimum atomic E-state index is -0.220. The maximum absolute atomic E-state index is 13.6. The lowest BCUT2D eigenvalue weighted by Gasteiger charge is -2.24. The number of fused-ring (bicyclic) bond motifs is 2. The van der Waals surface area contributed by atoms with Crippen LogP contribution in [-0.4, -0.2) is 21.5 Å². The van der Waals surface area contributed by atoms with Crippen LogP contribution in [0.3, 0.4) is 0 Å². The van der Waals surface area contributed by atoms with Crippen molar-refractivity contribution >= 4 is 57.4 Å². The highest BCUT2D eigenvalue weighted by Gasteiger charge is 2.34. The van der Waals surface area contributed by atoms with Crippen molar-refractivity contribution in [1.82, 2.24) is 0 Å². The topological polar surface area (TPSA) is 58.2 Å². The number of anilines is 2. The summed E-state index contributed by atoms with van der Waals surface area (Å²) in [7, 11) is 0. The van der Waals surface area contributed by atoms with Crippen molar-refractivity contribution in [2.45, 2.75) is 12.8 Å². The van der Waals surface area contributed by atoms with Crippen LogP contribution in [0.4, 0.5) is 11.4 Å². The van der Waals surface area contributed by atoms with E-state index in [0.717, 1.165) is 11.1 Å². The summed E-state index contributed by atoms with van der Waals surface area (Å²) < 4.78 is 0. The molecular weight excluding hydrogens is 484 g/mol. The SMILES string of the molecule is O=C1c2ccccc2C(=O)c2c(NC(=S)Cc3ccccc3)ccc(NC(=S)Cc3ccccc3)c21. The molecule has 36 heavy (non-hydrogen) atoms. The van der Waals surface area contributed by atoms with Gasteiger partial charge in [-0.1, -0.05) is 109 Å². The first-order chi connectivity index (χ1) is 17.5. The highest BCUT2D eigenvalue weighted by molar-refractivity contribution is 7.80. The third-order valence-electron chi connectivity index (χ3n) is 6.04. The zero-order valence-electron chi connectivity index (χ0n) is 19.3. The smallest absolute Gasteiger partial charge is 0.196 e. The maximum Gasteiger partial charge on any atom is 0.196 e. The summed E-state index contributed by atoms with van der Waals surface area (Å²) in [6.07, 6.45) is 1.04. The van der Waals surface area contributed by atoms with Crippen molar-refractivity contribution < 1.29 is 9.59 Å². The first-order valence-corrected chi connectivity index (χ1v) is 12.4. The number of ketones is 2. The molecule has 0 radical (unpaired) electrons. The van der Waals surface area contributed by atoms with Gasteiger partial charge in [0, 0.05) is 24.0 Å². The molecule has 0 bridgehead atoms. The van der Waals surface area contributed by atoms with Gasteiger partial charge in [0.05, 0.1) is 32.5 Å². The van der Waals surface area contributed by atoms with Gasteiger partial charge in [-0.05, 0) is 23.3 Å². The van der Waals surface area contributed by atoms with Crippen LogP contribution in [0.15, 0.2) is 97.1 Å². The molecular formula is C30H22N2O2S2. The largest absolute Gasteiger partial charge is 0.349 e. The number of carbonyl (C=O) groups is 2. The van der Waals surface area contributed by atoms with Gasteiger partial charge in [0.1, 0.15) is 0 Å². The number of benzene rings is 4. The number of carbonyl (C=O) groups excluding carboxylic acids is 2. The Kier molecular flexibility index (Phi) is 6.80. The monoisotopic (exact) mass is 506 g/mol. The van der Waals surface area contributed by atoms with Crippen molar-refractivity contribution in [2.75, 3.05) is 10.6 Å². The molecule has 0 atom stereocenters. The Balaban J connectivity index is 1.51. The van der Waals surface area contributed by atoms with Gasteiger partial charge in [0.2, 0.25) is 0 Å². The highest BCUT2D eigenvalue weighted by atomic mass is 32.1. The van der Waals surface area contributed by atoms with E-state index in [1.54, 1.807) is 36.4 Å². The minimum absolute atomic E-state index is 0.220. The second-order valence-electron chi connectivity index (χ2n) is 8.54. The molecule has 176 valence electrons.